The monoisotopic (exact) mass is 517 g/mol. The smallest absolute Gasteiger partial charge is 0.179 e. The van der Waals surface area contributed by atoms with Crippen LogP contribution in [0.4, 0.5) is 0 Å². The molecule has 0 unspecified atom stereocenters. The third-order valence-electron chi connectivity index (χ3n) is 4.47. The minimum atomic E-state index is 0.625. The van der Waals surface area contributed by atoms with E-state index in [2.05, 4.69) is 4.98 Å². The summed E-state index contributed by atoms with van der Waals surface area (Å²) < 4.78 is 0. The van der Waals surface area contributed by atoms with Crippen LogP contribution in [0.25, 0.3) is 11.5 Å². The van der Waals surface area contributed by atoms with Crippen LogP contribution in [0.3, 0.4) is 0 Å². The number of rotatable bonds is 8. The highest BCUT2D eigenvalue weighted by Crippen LogP contribution is 2.30. The van der Waals surface area contributed by atoms with Gasteiger partial charge in [0.25, 0.3) is 0 Å². The Bertz CT molecular complexity index is 1190. The standard InChI is InChI=1S/C24H18Cl3N3S2/c25-18-7-4-16(5-8-18)13-31-15-20-12-23(30-24(29-20)22-3-1-2-10-28-22)32-14-17-6-9-19(26)11-21(17)27/h1-12H,13-15H2. The highest BCUT2D eigenvalue weighted by Gasteiger charge is 2.10. The van der Waals surface area contributed by atoms with Gasteiger partial charge in [0.1, 0.15) is 10.7 Å². The fourth-order valence-corrected chi connectivity index (χ4v) is 5.37. The van der Waals surface area contributed by atoms with Crippen molar-refractivity contribution in [2.45, 2.75) is 22.3 Å². The molecule has 2 aromatic carbocycles. The summed E-state index contributed by atoms with van der Waals surface area (Å²) >= 11 is 21.7. The summed E-state index contributed by atoms with van der Waals surface area (Å²) in [6, 6.07) is 21.3. The molecule has 4 rings (SSSR count). The molecule has 0 saturated carbocycles. The minimum Gasteiger partial charge on any atom is -0.253 e. The van der Waals surface area contributed by atoms with Crippen LogP contribution in [-0.2, 0) is 17.3 Å². The lowest BCUT2D eigenvalue weighted by atomic mass is 10.2. The van der Waals surface area contributed by atoms with Crippen molar-refractivity contribution < 1.29 is 0 Å². The molecule has 8 heteroatoms. The van der Waals surface area contributed by atoms with E-state index in [1.807, 2.05) is 60.7 Å². The molecule has 0 amide bonds. The SMILES string of the molecule is Clc1ccc(CSCc2cc(SCc3ccc(Cl)cc3Cl)nc(-c3ccccn3)n2)cc1. The fourth-order valence-electron chi connectivity index (χ4n) is 2.87. The molecule has 0 saturated heterocycles. The summed E-state index contributed by atoms with van der Waals surface area (Å²) in [5, 5.41) is 2.91. The minimum absolute atomic E-state index is 0.625. The molecule has 0 bridgehead atoms. The third kappa shape index (κ3) is 6.63. The summed E-state index contributed by atoms with van der Waals surface area (Å²) in [4.78, 5) is 13.9. The lowest BCUT2D eigenvalue weighted by Gasteiger charge is -2.09. The van der Waals surface area contributed by atoms with E-state index in [4.69, 9.17) is 44.8 Å². The number of pyridine rings is 1. The van der Waals surface area contributed by atoms with E-state index >= 15 is 0 Å². The first-order chi connectivity index (χ1) is 15.6. The Hall–Kier alpha value is -1.76. The van der Waals surface area contributed by atoms with Crippen LogP contribution < -0.4 is 0 Å². The number of aromatic nitrogens is 3. The summed E-state index contributed by atoms with van der Waals surface area (Å²) in [7, 11) is 0. The second-order valence-electron chi connectivity index (χ2n) is 6.88. The van der Waals surface area contributed by atoms with E-state index in [1.54, 1.807) is 35.8 Å². The molecule has 0 fully saturated rings. The maximum absolute atomic E-state index is 6.34. The van der Waals surface area contributed by atoms with E-state index in [1.165, 1.54) is 5.56 Å². The van der Waals surface area contributed by atoms with Gasteiger partial charge in [0, 0.05) is 38.5 Å². The summed E-state index contributed by atoms with van der Waals surface area (Å²) in [6.45, 7) is 0. The third-order valence-corrected chi connectivity index (χ3v) is 7.31. The largest absolute Gasteiger partial charge is 0.253 e. The predicted molar refractivity (Wildman–Crippen MR) is 138 cm³/mol. The zero-order chi connectivity index (χ0) is 22.3. The Morgan fingerprint density at radius 1 is 0.750 bits per heavy atom. The van der Waals surface area contributed by atoms with Gasteiger partial charge in [-0.15, -0.1) is 11.8 Å². The summed E-state index contributed by atoms with van der Waals surface area (Å²) in [6.07, 6.45) is 1.75. The zero-order valence-electron chi connectivity index (χ0n) is 16.8. The van der Waals surface area contributed by atoms with Crippen molar-refractivity contribution in [3.05, 3.63) is 105 Å². The lowest BCUT2D eigenvalue weighted by Crippen LogP contribution is -1.98. The Labute approximate surface area is 211 Å². The Balaban J connectivity index is 1.51. The van der Waals surface area contributed by atoms with Crippen molar-refractivity contribution in [3.8, 4) is 11.5 Å². The van der Waals surface area contributed by atoms with Gasteiger partial charge in [-0.05, 0) is 53.6 Å². The first-order valence-electron chi connectivity index (χ1n) is 9.75. The van der Waals surface area contributed by atoms with Crippen LogP contribution in [0.15, 0.2) is 78.0 Å². The molecule has 0 aliphatic heterocycles. The van der Waals surface area contributed by atoms with Gasteiger partial charge < -0.3 is 0 Å². The van der Waals surface area contributed by atoms with E-state index in [9.17, 15) is 0 Å². The number of nitrogens with zero attached hydrogens (tertiary/aromatic N) is 3. The highest BCUT2D eigenvalue weighted by atomic mass is 35.5. The average molecular weight is 519 g/mol. The second kappa shape index (κ2) is 11.4. The van der Waals surface area contributed by atoms with Crippen LogP contribution in [0.1, 0.15) is 16.8 Å². The predicted octanol–water partition coefficient (Wildman–Crippen LogP) is 8.22. The van der Waals surface area contributed by atoms with E-state index < -0.39 is 0 Å². The second-order valence-corrected chi connectivity index (χ2v) is 10.1. The van der Waals surface area contributed by atoms with Crippen LogP contribution in [0.2, 0.25) is 15.1 Å². The summed E-state index contributed by atoms with van der Waals surface area (Å²) in [5.41, 5.74) is 3.95. The normalized spacial score (nSPS) is 11.0. The average Bonchev–Trinajstić information content (AvgIpc) is 2.80. The maximum atomic E-state index is 6.34. The molecule has 0 spiro atoms. The lowest BCUT2D eigenvalue weighted by molar-refractivity contribution is 0.997. The quantitative estimate of drug-likeness (QED) is 0.173. The van der Waals surface area contributed by atoms with Crippen LogP contribution in [0, 0.1) is 0 Å². The molecule has 3 nitrogen and oxygen atoms in total. The van der Waals surface area contributed by atoms with Gasteiger partial charge >= 0.3 is 0 Å². The van der Waals surface area contributed by atoms with E-state index in [0.29, 0.717) is 21.6 Å². The van der Waals surface area contributed by atoms with Crippen molar-refractivity contribution in [1.29, 1.82) is 0 Å². The van der Waals surface area contributed by atoms with Crippen molar-refractivity contribution in [3.63, 3.8) is 0 Å². The van der Waals surface area contributed by atoms with Gasteiger partial charge in [-0.2, -0.15) is 11.8 Å². The van der Waals surface area contributed by atoms with Crippen molar-refractivity contribution in [2.24, 2.45) is 0 Å². The molecular formula is C24H18Cl3N3S2. The number of hydrogen-bond donors (Lipinski definition) is 0. The zero-order valence-corrected chi connectivity index (χ0v) is 20.7. The molecule has 2 aromatic heterocycles. The van der Waals surface area contributed by atoms with Crippen LogP contribution in [-0.4, -0.2) is 15.0 Å². The Morgan fingerprint density at radius 2 is 1.56 bits per heavy atom. The molecule has 162 valence electrons. The molecule has 0 atom stereocenters. The number of benzene rings is 2. The van der Waals surface area contributed by atoms with Gasteiger partial charge in [-0.25, -0.2) is 9.97 Å². The van der Waals surface area contributed by atoms with Gasteiger partial charge in [0.15, 0.2) is 5.82 Å². The first-order valence-corrected chi connectivity index (χ1v) is 13.0. The topological polar surface area (TPSA) is 38.7 Å². The Morgan fingerprint density at radius 3 is 2.31 bits per heavy atom. The molecule has 32 heavy (non-hydrogen) atoms. The number of hydrogen-bond acceptors (Lipinski definition) is 5. The van der Waals surface area contributed by atoms with Gasteiger partial charge in [-0.3, -0.25) is 4.98 Å². The summed E-state index contributed by atoms with van der Waals surface area (Å²) in [5.74, 6) is 2.95. The number of thioether (sulfide) groups is 2. The van der Waals surface area contributed by atoms with Crippen LogP contribution >= 0.6 is 58.3 Å². The van der Waals surface area contributed by atoms with Gasteiger partial charge in [0.2, 0.25) is 0 Å². The first kappa shape index (κ1) is 23.4. The van der Waals surface area contributed by atoms with E-state index in [-0.39, 0.29) is 0 Å². The van der Waals surface area contributed by atoms with Gasteiger partial charge in [-0.1, -0.05) is 59.1 Å². The van der Waals surface area contributed by atoms with Crippen LogP contribution in [0.5, 0.6) is 0 Å². The molecule has 0 N–H and O–H groups in total. The van der Waals surface area contributed by atoms with Crippen molar-refractivity contribution >= 4 is 58.3 Å². The molecule has 0 aliphatic carbocycles. The molecule has 2 heterocycles. The van der Waals surface area contributed by atoms with E-state index in [0.717, 1.165) is 38.5 Å². The molecular weight excluding hydrogens is 501 g/mol. The van der Waals surface area contributed by atoms with Crippen molar-refractivity contribution in [1.82, 2.24) is 15.0 Å². The highest BCUT2D eigenvalue weighted by molar-refractivity contribution is 7.98. The number of halogens is 3. The van der Waals surface area contributed by atoms with Crippen molar-refractivity contribution in [2.75, 3.05) is 0 Å². The Kier molecular flexibility index (Phi) is 8.33. The molecule has 0 aliphatic rings. The molecule has 4 aromatic rings. The van der Waals surface area contributed by atoms with Gasteiger partial charge in [0.05, 0.1) is 5.69 Å². The molecule has 0 radical (unpaired) electrons. The maximum Gasteiger partial charge on any atom is 0.179 e. The fraction of sp³-hybridized carbons (Fsp3) is 0.125.